The summed E-state index contributed by atoms with van der Waals surface area (Å²) in [5, 5.41) is 0. The molecule has 1 aromatic carbocycles. The predicted octanol–water partition coefficient (Wildman–Crippen LogP) is 5.17. The van der Waals surface area contributed by atoms with Crippen molar-refractivity contribution in [3.05, 3.63) is 54.1 Å². The van der Waals surface area contributed by atoms with Crippen molar-refractivity contribution in [2.45, 2.75) is 13.0 Å². The van der Waals surface area contributed by atoms with Crippen molar-refractivity contribution in [3.8, 4) is 0 Å². The zero-order valence-corrected chi connectivity index (χ0v) is 12.9. The Balaban J connectivity index is 2.43. The SMILES string of the molecule is Cc1ccc(C(N)c2cc(Cl)sc2Cl)c(Br)c1. The van der Waals surface area contributed by atoms with Crippen LogP contribution in [0, 0.1) is 6.92 Å². The zero-order valence-electron chi connectivity index (χ0n) is 9.01. The summed E-state index contributed by atoms with van der Waals surface area (Å²) in [5.74, 6) is 0. The van der Waals surface area contributed by atoms with Crippen LogP contribution in [0.15, 0.2) is 28.7 Å². The topological polar surface area (TPSA) is 26.0 Å². The van der Waals surface area contributed by atoms with Gasteiger partial charge in [0, 0.05) is 10.0 Å². The summed E-state index contributed by atoms with van der Waals surface area (Å²) in [6.07, 6.45) is 0. The lowest BCUT2D eigenvalue weighted by molar-refractivity contribution is 0.870. The molecular weight excluding hydrogens is 341 g/mol. The smallest absolute Gasteiger partial charge is 0.0995 e. The van der Waals surface area contributed by atoms with Crippen LogP contribution < -0.4 is 5.73 Å². The van der Waals surface area contributed by atoms with E-state index in [-0.39, 0.29) is 6.04 Å². The Morgan fingerprint density at radius 3 is 2.47 bits per heavy atom. The van der Waals surface area contributed by atoms with Crippen LogP contribution in [0.1, 0.15) is 22.7 Å². The van der Waals surface area contributed by atoms with Gasteiger partial charge in [-0.25, -0.2) is 0 Å². The predicted molar refractivity (Wildman–Crippen MR) is 79.2 cm³/mol. The molecule has 5 heteroatoms. The largest absolute Gasteiger partial charge is 0.320 e. The van der Waals surface area contributed by atoms with E-state index in [1.54, 1.807) is 0 Å². The molecule has 1 nitrogen and oxygen atoms in total. The summed E-state index contributed by atoms with van der Waals surface area (Å²) in [4.78, 5) is 0. The molecule has 0 amide bonds. The highest BCUT2D eigenvalue weighted by atomic mass is 79.9. The van der Waals surface area contributed by atoms with Gasteiger partial charge in [-0.05, 0) is 30.2 Å². The number of thiophene rings is 1. The van der Waals surface area contributed by atoms with Gasteiger partial charge in [0.2, 0.25) is 0 Å². The third kappa shape index (κ3) is 2.85. The van der Waals surface area contributed by atoms with Crippen molar-refractivity contribution in [1.82, 2.24) is 0 Å². The lowest BCUT2D eigenvalue weighted by atomic mass is 10.0. The van der Waals surface area contributed by atoms with E-state index in [0.717, 1.165) is 15.6 Å². The van der Waals surface area contributed by atoms with E-state index in [1.807, 2.05) is 31.2 Å². The minimum absolute atomic E-state index is 0.263. The highest BCUT2D eigenvalue weighted by molar-refractivity contribution is 9.10. The molecule has 0 radical (unpaired) electrons. The average molecular weight is 351 g/mol. The standard InChI is InChI=1S/C12H10BrCl2NS/c1-6-2-3-7(9(13)4-6)11(16)8-5-10(14)17-12(8)15/h2-5,11H,16H2,1H3. The van der Waals surface area contributed by atoms with E-state index < -0.39 is 0 Å². The van der Waals surface area contributed by atoms with Gasteiger partial charge >= 0.3 is 0 Å². The summed E-state index contributed by atoms with van der Waals surface area (Å²) < 4.78 is 2.29. The second-order valence-corrected chi connectivity index (χ2v) is 6.92. The fourth-order valence-electron chi connectivity index (χ4n) is 1.62. The van der Waals surface area contributed by atoms with Gasteiger partial charge in [0.25, 0.3) is 0 Å². The Bertz CT molecular complexity index is 553. The number of nitrogens with two attached hydrogens (primary N) is 1. The number of hydrogen-bond donors (Lipinski definition) is 1. The first-order chi connectivity index (χ1) is 7.99. The van der Waals surface area contributed by atoms with Gasteiger partial charge in [-0.1, -0.05) is 51.3 Å². The Morgan fingerprint density at radius 2 is 1.94 bits per heavy atom. The first-order valence-electron chi connectivity index (χ1n) is 4.95. The molecule has 2 N–H and O–H groups in total. The van der Waals surface area contributed by atoms with Gasteiger partial charge in [0.1, 0.15) is 0 Å². The normalized spacial score (nSPS) is 12.8. The molecule has 1 unspecified atom stereocenters. The summed E-state index contributed by atoms with van der Waals surface area (Å²) in [5.41, 5.74) is 9.27. The Morgan fingerprint density at radius 1 is 1.24 bits per heavy atom. The van der Waals surface area contributed by atoms with Crippen LogP contribution >= 0.6 is 50.5 Å². The lowest BCUT2D eigenvalue weighted by Crippen LogP contribution is -2.12. The summed E-state index contributed by atoms with van der Waals surface area (Å²) in [6.45, 7) is 2.04. The molecule has 1 heterocycles. The van der Waals surface area contributed by atoms with Crippen LogP contribution in [0.25, 0.3) is 0 Å². The molecule has 0 saturated heterocycles. The second-order valence-electron chi connectivity index (χ2n) is 3.78. The van der Waals surface area contributed by atoms with Crippen molar-refractivity contribution >= 4 is 50.5 Å². The van der Waals surface area contributed by atoms with E-state index >= 15 is 0 Å². The Hall–Kier alpha value is -0.0600. The second kappa shape index (κ2) is 5.29. The van der Waals surface area contributed by atoms with Gasteiger partial charge in [-0.2, -0.15) is 0 Å². The van der Waals surface area contributed by atoms with Crippen molar-refractivity contribution in [2.75, 3.05) is 0 Å². The van der Waals surface area contributed by atoms with E-state index in [9.17, 15) is 0 Å². The van der Waals surface area contributed by atoms with Crippen molar-refractivity contribution in [1.29, 1.82) is 0 Å². The molecule has 1 atom stereocenters. The molecule has 0 bridgehead atoms. The summed E-state index contributed by atoms with van der Waals surface area (Å²) in [6, 6.07) is 7.64. The van der Waals surface area contributed by atoms with E-state index in [0.29, 0.717) is 8.67 Å². The van der Waals surface area contributed by atoms with Crippen molar-refractivity contribution < 1.29 is 0 Å². The third-order valence-electron chi connectivity index (χ3n) is 2.51. The first-order valence-corrected chi connectivity index (χ1v) is 7.32. The fraction of sp³-hybridized carbons (Fsp3) is 0.167. The molecule has 0 fully saturated rings. The van der Waals surface area contributed by atoms with Gasteiger partial charge < -0.3 is 5.73 Å². The highest BCUT2D eigenvalue weighted by Gasteiger charge is 2.17. The lowest BCUT2D eigenvalue weighted by Gasteiger charge is -2.13. The maximum atomic E-state index is 6.21. The number of aryl methyl sites for hydroxylation is 1. The van der Waals surface area contributed by atoms with E-state index in [2.05, 4.69) is 15.9 Å². The third-order valence-corrected chi connectivity index (χ3v) is 4.71. The van der Waals surface area contributed by atoms with Gasteiger partial charge in [-0.15, -0.1) is 11.3 Å². The van der Waals surface area contributed by atoms with Crippen molar-refractivity contribution in [2.24, 2.45) is 5.73 Å². The van der Waals surface area contributed by atoms with Crippen molar-refractivity contribution in [3.63, 3.8) is 0 Å². The quantitative estimate of drug-likeness (QED) is 0.793. The molecule has 90 valence electrons. The number of hydrogen-bond acceptors (Lipinski definition) is 2. The molecule has 0 saturated carbocycles. The number of benzene rings is 1. The molecule has 1 aromatic heterocycles. The zero-order chi connectivity index (χ0) is 12.6. The molecule has 0 aliphatic heterocycles. The summed E-state index contributed by atoms with van der Waals surface area (Å²) >= 11 is 16.9. The summed E-state index contributed by atoms with van der Waals surface area (Å²) in [7, 11) is 0. The molecule has 2 rings (SSSR count). The van der Waals surface area contributed by atoms with Crippen LogP contribution in [0.2, 0.25) is 8.67 Å². The van der Waals surface area contributed by atoms with Crippen LogP contribution in [-0.2, 0) is 0 Å². The molecular formula is C12H10BrCl2NS. The average Bonchev–Trinajstić information content (AvgIpc) is 2.57. The Labute approximate surface area is 123 Å². The minimum Gasteiger partial charge on any atom is -0.320 e. The van der Waals surface area contributed by atoms with Crippen LogP contribution in [0.3, 0.4) is 0 Å². The van der Waals surface area contributed by atoms with Crippen LogP contribution in [-0.4, -0.2) is 0 Å². The fourth-order valence-corrected chi connectivity index (χ4v) is 3.91. The maximum absolute atomic E-state index is 6.21. The molecule has 0 aliphatic carbocycles. The molecule has 17 heavy (non-hydrogen) atoms. The number of halogens is 3. The molecule has 0 spiro atoms. The minimum atomic E-state index is -0.263. The van der Waals surface area contributed by atoms with Crippen LogP contribution in [0.5, 0.6) is 0 Å². The van der Waals surface area contributed by atoms with Gasteiger partial charge in [0.05, 0.1) is 14.7 Å². The number of rotatable bonds is 2. The highest BCUT2D eigenvalue weighted by Crippen LogP contribution is 2.38. The van der Waals surface area contributed by atoms with Gasteiger partial charge in [0.15, 0.2) is 0 Å². The maximum Gasteiger partial charge on any atom is 0.0995 e. The van der Waals surface area contributed by atoms with E-state index in [1.165, 1.54) is 16.9 Å². The molecule has 2 aromatic rings. The van der Waals surface area contributed by atoms with E-state index in [4.69, 9.17) is 28.9 Å². The molecule has 0 aliphatic rings. The first kappa shape index (κ1) is 13.4. The Kier molecular flexibility index (Phi) is 4.16. The monoisotopic (exact) mass is 349 g/mol. The van der Waals surface area contributed by atoms with Crippen LogP contribution in [0.4, 0.5) is 0 Å². The van der Waals surface area contributed by atoms with Gasteiger partial charge in [-0.3, -0.25) is 0 Å².